The average Bonchev–Trinajstić information content (AvgIpc) is 2.99. The van der Waals surface area contributed by atoms with Crippen molar-refractivity contribution in [1.82, 2.24) is 19.6 Å². The van der Waals surface area contributed by atoms with Gasteiger partial charge in [0.15, 0.2) is 22.3 Å². The number of halogens is 6. The molecule has 0 amide bonds. The molecule has 0 radical (unpaired) electrons. The lowest BCUT2D eigenvalue weighted by atomic mass is 10.2. The van der Waals surface area contributed by atoms with Gasteiger partial charge in [0.1, 0.15) is 10.7 Å². The van der Waals surface area contributed by atoms with Crippen molar-refractivity contribution >= 4 is 34.8 Å². The molecule has 3 rings (SSSR count). The van der Waals surface area contributed by atoms with Crippen LogP contribution in [0.25, 0.3) is 16.9 Å². The van der Waals surface area contributed by atoms with Crippen LogP contribution in [0.5, 0.6) is 0 Å². The summed E-state index contributed by atoms with van der Waals surface area (Å²) in [4.78, 5) is 30.4. The second kappa shape index (κ2) is 7.06. The standard InChI is InChI=1S/C15H8Cl2F4N4O3/c1-2-28-14(27)9-10(15(19,20)21)24-25-8(26)4-7(22-13(9)25)5-3-6(18)12(17)23-11(5)16/h3-4,22H,2H2,1H3. The first-order valence-corrected chi connectivity index (χ1v) is 8.22. The van der Waals surface area contributed by atoms with E-state index in [1.807, 2.05) is 0 Å². The number of ether oxygens (including phenoxy) is 1. The molecule has 3 aromatic heterocycles. The van der Waals surface area contributed by atoms with Crippen LogP contribution in [0.15, 0.2) is 16.9 Å². The van der Waals surface area contributed by atoms with E-state index in [-0.39, 0.29) is 23.0 Å². The van der Waals surface area contributed by atoms with E-state index in [0.717, 1.165) is 12.1 Å². The van der Waals surface area contributed by atoms with Crippen molar-refractivity contribution in [2.45, 2.75) is 13.1 Å². The number of nitrogens with one attached hydrogen (secondary N) is 1. The molecular weight excluding hydrogens is 431 g/mol. The lowest BCUT2D eigenvalue weighted by Gasteiger charge is -2.07. The minimum Gasteiger partial charge on any atom is -0.462 e. The summed E-state index contributed by atoms with van der Waals surface area (Å²) in [5, 5.41) is 2.33. The van der Waals surface area contributed by atoms with Gasteiger partial charge in [-0.2, -0.15) is 22.8 Å². The van der Waals surface area contributed by atoms with Crippen molar-refractivity contribution in [2.75, 3.05) is 6.61 Å². The van der Waals surface area contributed by atoms with E-state index in [1.54, 1.807) is 0 Å². The number of nitrogens with zero attached hydrogens (tertiary/aromatic N) is 3. The molecule has 7 nitrogen and oxygen atoms in total. The Bertz CT molecular complexity index is 1160. The monoisotopic (exact) mass is 438 g/mol. The van der Waals surface area contributed by atoms with Gasteiger partial charge in [0.2, 0.25) is 0 Å². The molecule has 0 saturated carbocycles. The molecule has 0 aliphatic rings. The highest BCUT2D eigenvalue weighted by Gasteiger charge is 2.41. The van der Waals surface area contributed by atoms with E-state index in [9.17, 15) is 27.2 Å². The Morgan fingerprint density at radius 3 is 2.57 bits per heavy atom. The summed E-state index contributed by atoms with van der Waals surface area (Å²) in [5.41, 5.74) is -4.59. The zero-order chi connectivity index (χ0) is 20.8. The SMILES string of the molecule is CCOC(=O)c1c(C(F)(F)F)nn2c(=O)cc(-c3cc(F)c(Cl)nc3Cl)[nH]c12. The van der Waals surface area contributed by atoms with Crippen molar-refractivity contribution in [1.29, 1.82) is 0 Å². The number of hydrogen-bond acceptors (Lipinski definition) is 5. The summed E-state index contributed by atoms with van der Waals surface area (Å²) < 4.78 is 58.7. The van der Waals surface area contributed by atoms with Gasteiger partial charge in [0, 0.05) is 11.6 Å². The van der Waals surface area contributed by atoms with Crippen LogP contribution in [-0.4, -0.2) is 32.2 Å². The fourth-order valence-electron chi connectivity index (χ4n) is 2.42. The van der Waals surface area contributed by atoms with Gasteiger partial charge in [0.05, 0.1) is 12.3 Å². The number of aromatic amines is 1. The Hall–Kier alpha value is -2.66. The fourth-order valence-corrected chi connectivity index (χ4v) is 2.84. The first kappa shape index (κ1) is 20.1. The number of esters is 1. The molecule has 1 N–H and O–H groups in total. The van der Waals surface area contributed by atoms with Crippen molar-refractivity contribution in [2.24, 2.45) is 0 Å². The maximum Gasteiger partial charge on any atom is 0.436 e. The molecule has 0 aromatic carbocycles. The Kier molecular flexibility index (Phi) is 5.06. The molecule has 3 heterocycles. The van der Waals surface area contributed by atoms with Gasteiger partial charge >= 0.3 is 12.1 Å². The predicted octanol–water partition coefficient (Wildman–Crippen LogP) is 3.73. The highest BCUT2D eigenvalue weighted by molar-refractivity contribution is 6.34. The predicted molar refractivity (Wildman–Crippen MR) is 90.0 cm³/mol. The first-order chi connectivity index (χ1) is 13.0. The van der Waals surface area contributed by atoms with Gasteiger partial charge in [-0.25, -0.2) is 14.2 Å². The number of fused-ring (bicyclic) bond motifs is 1. The molecule has 0 unspecified atom stereocenters. The number of pyridine rings is 1. The lowest BCUT2D eigenvalue weighted by Crippen LogP contribution is -2.15. The Labute approximate surface area is 162 Å². The van der Waals surface area contributed by atoms with E-state index in [0.29, 0.717) is 4.52 Å². The molecule has 13 heteroatoms. The summed E-state index contributed by atoms with van der Waals surface area (Å²) >= 11 is 11.4. The second-order valence-corrected chi connectivity index (χ2v) is 6.04. The molecule has 3 aromatic rings. The van der Waals surface area contributed by atoms with Crippen LogP contribution in [0.4, 0.5) is 17.6 Å². The number of H-pyrrole nitrogens is 1. The minimum absolute atomic E-state index is 0.160. The first-order valence-electron chi connectivity index (χ1n) is 7.46. The van der Waals surface area contributed by atoms with E-state index in [4.69, 9.17) is 23.2 Å². The molecule has 0 fully saturated rings. The van der Waals surface area contributed by atoms with E-state index in [2.05, 4.69) is 19.8 Å². The third-order valence-corrected chi connectivity index (χ3v) is 4.09. The zero-order valence-electron chi connectivity index (χ0n) is 13.7. The third kappa shape index (κ3) is 3.42. The number of aromatic nitrogens is 4. The highest BCUT2D eigenvalue weighted by atomic mass is 35.5. The zero-order valence-corrected chi connectivity index (χ0v) is 15.2. The third-order valence-electron chi connectivity index (χ3n) is 3.54. The van der Waals surface area contributed by atoms with E-state index in [1.165, 1.54) is 6.92 Å². The van der Waals surface area contributed by atoms with E-state index >= 15 is 0 Å². The molecule has 148 valence electrons. The van der Waals surface area contributed by atoms with Crippen LogP contribution in [0.3, 0.4) is 0 Å². The fraction of sp³-hybridized carbons (Fsp3) is 0.200. The van der Waals surface area contributed by atoms with E-state index < -0.39 is 45.6 Å². The van der Waals surface area contributed by atoms with Crippen LogP contribution in [0.2, 0.25) is 10.3 Å². The molecule has 0 saturated heterocycles. The molecule has 28 heavy (non-hydrogen) atoms. The van der Waals surface area contributed by atoms with Gasteiger partial charge in [-0.05, 0) is 13.0 Å². The summed E-state index contributed by atoms with van der Waals surface area (Å²) in [5.74, 6) is -2.32. The van der Waals surface area contributed by atoms with Crippen molar-refractivity contribution in [3.05, 3.63) is 49.9 Å². The van der Waals surface area contributed by atoms with Crippen LogP contribution >= 0.6 is 23.2 Å². The average molecular weight is 439 g/mol. The van der Waals surface area contributed by atoms with Crippen LogP contribution in [-0.2, 0) is 10.9 Å². The quantitative estimate of drug-likeness (QED) is 0.382. The molecule has 0 aliphatic heterocycles. The maximum absolute atomic E-state index is 13.7. The molecule has 0 spiro atoms. The van der Waals surface area contributed by atoms with Crippen LogP contribution < -0.4 is 5.56 Å². The van der Waals surface area contributed by atoms with Crippen molar-refractivity contribution in [3.63, 3.8) is 0 Å². The van der Waals surface area contributed by atoms with Gasteiger partial charge in [0.25, 0.3) is 5.56 Å². The van der Waals surface area contributed by atoms with Gasteiger partial charge < -0.3 is 9.72 Å². The van der Waals surface area contributed by atoms with Gasteiger partial charge in [-0.3, -0.25) is 4.79 Å². The van der Waals surface area contributed by atoms with Gasteiger partial charge in [-0.1, -0.05) is 23.2 Å². The number of carbonyl (C=O) groups excluding carboxylic acids is 1. The van der Waals surface area contributed by atoms with Crippen molar-refractivity contribution in [3.8, 4) is 11.3 Å². The Balaban J connectivity index is 2.36. The summed E-state index contributed by atoms with van der Waals surface area (Å²) in [7, 11) is 0. The topological polar surface area (TPSA) is 89.3 Å². The molecule has 0 aliphatic carbocycles. The number of carbonyl (C=O) groups is 1. The maximum atomic E-state index is 13.7. The summed E-state index contributed by atoms with van der Waals surface area (Å²) in [6, 6.07) is 1.66. The second-order valence-electron chi connectivity index (χ2n) is 5.32. The lowest BCUT2D eigenvalue weighted by molar-refractivity contribution is -0.141. The Morgan fingerprint density at radius 2 is 1.96 bits per heavy atom. The number of alkyl halides is 3. The number of hydrogen-bond donors (Lipinski definition) is 1. The van der Waals surface area contributed by atoms with Crippen molar-refractivity contribution < 1.29 is 27.1 Å². The van der Waals surface area contributed by atoms with Crippen LogP contribution in [0.1, 0.15) is 23.0 Å². The Morgan fingerprint density at radius 1 is 1.29 bits per heavy atom. The summed E-state index contributed by atoms with van der Waals surface area (Å²) in [6.45, 7) is 1.18. The number of rotatable bonds is 3. The largest absolute Gasteiger partial charge is 0.462 e. The summed E-state index contributed by atoms with van der Waals surface area (Å²) in [6.07, 6.45) is -5.04. The van der Waals surface area contributed by atoms with Crippen LogP contribution in [0, 0.1) is 5.82 Å². The molecule has 0 atom stereocenters. The molecule has 0 bridgehead atoms. The molecular formula is C15H8Cl2F4N4O3. The minimum atomic E-state index is -5.04. The highest BCUT2D eigenvalue weighted by Crippen LogP contribution is 2.34. The normalized spacial score (nSPS) is 11.8. The smallest absolute Gasteiger partial charge is 0.436 e. The van der Waals surface area contributed by atoms with Gasteiger partial charge in [-0.15, -0.1) is 0 Å².